The summed E-state index contributed by atoms with van der Waals surface area (Å²) in [5.74, 6) is 0. The van der Waals surface area contributed by atoms with Gasteiger partial charge < -0.3 is 0 Å². The van der Waals surface area contributed by atoms with Crippen molar-refractivity contribution in [1.29, 1.82) is 0 Å². The van der Waals surface area contributed by atoms with E-state index in [1.165, 1.54) is 0 Å². The quantitative estimate of drug-likeness (QED) is 0.872. The Morgan fingerprint density at radius 2 is 1.67 bits per heavy atom. The third kappa shape index (κ3) is 1.82. The van der Waals surface area contributed by atoms with E-state index in [4.69, 9.17) is 11.6 Å². The van der Waals surface area contributed by atoms with E-state index >= 15 is 0 Å². The summed E-state index contributed by atoms with van der Waals surface area (Å²) < 4.78 is 26.6. The minimum absolute atomic E-state index is 0.330. The fourth-order valence-corrected chi connectivity index (χ4v) is 3.73. The van der Waals surface area contributed by atoms with Crippen LogP contribution in [0.5, 0.6) is 0 Å². The van der Waals surface area contributed by atoms with Crippen molar-refractivity contribution >= 4 is 21.6 Å². The minimum Gasteiger partial charge on any atom is -0.207 e. The lowest BCUT2D eigenvalue weighted by molar-refractivity contribution is 0.585. The number of benzene rings is 2. The normalized spacial score (nSPS) is 20.6. The molecule has 1 aliphatic rings. The van der Waals surface area contributed by atoms with Gasteiger partial charge >= 0.3 is 0 Å². The second-order valence-electron chi connectivity index (χ2n) is 4.14. The summed E-state index contributed by atoms with van der Waals surface area (Å²) in [6.07, 6.45) is 0. The van der Waals surface area contributed by atoms with Crippen LogP contribution in [0.2, 0.25) is 5.02 Å². The Balaban J connectivity index is 2.14. The van der Waals surface area contributed by atoms with Crippen LogP contribution >= 0.6 is 11.6 Å². The summed E-state index contributed by atoms with van der Waals surface area (Å²) >= 11 is 5.84. The van der Waals surface area contributed by atoms with Gasteiger partial charge in [-0.05, 0) is 29.3 Å². The summed E-state index contributed by atoms with van der Waals surface area (Å²) in [5.41, 5.74) is 1.66. The lowest BCUT2D eigenvalue weighted by Crippen LogP contribution is -2.20. The molecule has 0 spiro atoms. The molecule has 5 heteroatoms. The maximum absolute atomic E-state index is 12.0. The van der Waals surface area contributed by atoms with Crippen molar-refractivity contribution in [1.82, 2.24) is 4.72 Å². The standard InChI is InChI=1S/C13H10ClNO2S/c14-10-7-5-9(6-8-10)13-11-3-1-2-4-12(11)18(16,17)15-13/h1-8,13,15H. The average Bonchev–Trinajstić information content (AvgIpc) is 2.63. The molecule has 3 nitrogen and oxygen atoms in total. The zero-order valence-corrected chi connectivity index (χ0v) is 10.9. The fraction of sp³-hybridized carbons (Fsp3) is 0.0769. The van der Waals surface area contributed by atoms with Crippen LogP contribution < -0.4 is 4.72 Å². The molecule has 0 amide bonds. The second kappa shape index (κ2) is 4.09. The number of nitrogens with one attached hydrogen (secondary N) is 1. The lowest BCUT2D eigenvalue weighted by atomic mass is 10.00. The molecule has 0 aromatic heterocycles. The first kappa shape index (κ1) is 11.7. The fourth-order valence-electron chi connectivity index (χ4n) is 2.15. The molecule has 3 rings (SSSR count). The summed E-state index contributed by atoms with van der Waals surface area (Å²) in [6, 6.07) is 13.9. The largest absolute Gasteiger partial charge is 0.241 e. The summed E-state index contributed by atoms with van der Waals surface area (Å²) in [7, 11) is -3.40. The molecule has 1 aliphatic heterocycles. The van der Waals surface area contributed by atoms with E-state index in [0.717, 1.165) is 11.1 Å². The van der Waals surface area contributed by atoms with Gasteiger partial charge in [0, 0.05) is 5.02 Å². The first-order chi connectivity index (χ1) is 8.58. The van der Waals surface area contributed by atoms with Crippen LogP contribution in [0.4, 0.5) is 0 Å². The van der Waals surface area contributed by atoms with E-state index in [-0.39, 0.29) is 6.04 Å². The summed E-state index contributed by atoms with van der Waals surface area (Å²) in [5, 5.41) is 0.632. The molecule has 0 saturated carbocycles. The number of sulfonamides is 1. The highest BCUT2D eigenvalue weighted by molar-refractivity contribution is 7.89. The smallest absolute Gasteiger partial charge is 0.207 e. The predicted molar refractivity (Wildman–Crippen MR) is 70.1 cm³/mol. The number of halogens is 1. The number of hydrogen-bond donors (Lipinski definition) is 1. The Kier molecular flexibility index (Phi) is 2.66. The Bertz CT molecular complexity index is 695. The van der Waals surface area contributed by atoms with Crippen LogP contribution in [-0.2, 0) is 10.0 Å². The first-order valence-electron chi connectivity index (χ1n) is 5.45. The summed E-state index contributed by atoms with van der Waals surface area (Å²) in [4.78, 5) is 0.352. The Morgan fingerprint density at radius 3 is 2.39 bits per heavy atom. The van der Waals surface area contributed by atoms with Gasteiger partial charge in [0.2, 0.25) is 10.0 Å². The van der Waals surface area contributed by atoms with Gasteiger partial charge in [-0.25, -0.2) is 8.42 Å². The highest BCUT2D eigenvalue weighted by Gasteiger charge is 2.34. The first-order valence-corrected chi connectivity index (χ1v) is 7.31. The van der Waals surface area contributed by atoms with Crippen LogP contribution in [0.25, 0.3) is 0 Å². The molecule has 0 radical (unpaired) electrons. The third-order valence-corrected chi connectivity index (χ3v) is 4.74. The Hall–Kier alpha value is -1.36. The van der Waals surface area contributed by atoms with Gasteiger partial charge in [0.25, 0.3) is 0 Å². The van der Waals surface area contributed by atoms with Crippen LogP contribution in [-0.4, -0.2) is 8.42 Å². The van der Waals surface area contributed by atoms with Gasteiger partial charge in [-0.15, -0.1) is 0 Å². The van der Waals surface area contributed by atoms with E-state index in [0.29, 0.717) is 9.92 Å². The SMILES string of the molecule is O=S1(=O)NC(c2ccc(Cl)cc2)c2ccccc21. The van der Waals surface area contributed by atoms with E-state index in [1.54, 1.807) is 24.3 Å². The van der Waals surface area contributed by atoms with E-state index in [2.05, 4.69) is 4.72 Å². The van der Waals surface area contributed by atoms with Crippen LogP contribution in [0.15, 0.2) is 53.4 Å². The van der Waals surface area contributed by atoms with Gasteiger partial charge in [0.05, 0.1) is 10.9 Å². The van der Waals surface area contributed by atoms with Crippen molar-refractivity contribution < 1.29 is 8.42 Å². The molecule has 2 aromatic carbocycles. The van der Waals surface area contributed by atoms with Crippen LogP contribution in [0, 0.1) is 0 Å². The average molecular weight is 280 g/mol. The maximum Gasteiger partial charge on any atom is 0.241 e. The Labute approximate surface area is 110 Å². The topological polar surface area (TPSA) is 46.2 Å². The van der Waals surface area contributed by atoms with E-state index in [9.17, 15) is 8.42 Å². The third-order valence-electron chi connectivity index (χ3n) is 3.00. The molecular weight excluding hydrogens is 270 g/mol. The monoisotopic (exact) mass is 279 g/mol. The van der Waals surface area contributed by atoms with Crippen molar-refractivity contribution in [3.63, 3.8) is 0 Å². The molecule has 1 unspecified atom stereocenters. The second-order valence-corrected chi connectivity index (χ2v) is 6.26. The van der Waals surface area contributed by atoms with Gasteiger partial charge in [-0.3, -0.25) is 0 Å². The highest BCUT2D eigenvalue weighted by atomic mass is 35.5. The zero-order chi connectivity index (χ0) is 12.8. The van der Waals surface area contributed by atoms with Gasteiger partial charge in [0.1, 0.15) is 0 Å². The summed E-state index contributed by atoms with van der Waals surface area (Å²) in [6.45, 7) is 0. The van der Waals surface area contributed by atoms with Gasteiger partial charge in [0.15, 0.2) is 0 Å². The molecule has 1 N–H and O–H groups in total. The number of fused-ring (bicyclic) bond motifs is 1. The number of rotatable bonds is 1. The van der Waals surface area contributed by atoms with E-state index in [1.807, 2.05) is 24.3 Å². The molecule has 0 fully saturated rings. The Morgan fingerprint density at radius 1 is 1.00 bits per heavy atom. The number of hydrogen-bond acceptors (Lipinski definition) is 2. The molecule has 18 heavy (non-hydrogen) atoms. The minimum atomic E-state index is -3.40. The molecule has 0 bridgehead atoms. The van der Waals surface area contributed by atoms with Crippen molar-refractivity contribution in [3.05, 3.63) is 64.7 Å². The molecule has 1 heterocycles. The van der Waals surface area contributed by atoms with Crippen LogP contribution in [0.3, 0.4) is 0 Å². The molecule has 2 aromatic rings. The van der Waals surface area contributed by atoms with Crippen molar-refractivity contribution in [2.45, 2.75) is 10.9 Å². The van der Waals surface area contributed by atoms with Gasteiger partial charge in [-0.1, -0.05) is 41.9 Å². The molecule has 1 atom stereocenters. The lowest BCUT2D eigenvalue weighted by Gasteiger charge is -2.10. The van der Waals surface area contributed by atoms with Crippen LogP contribution in [0.1, 0.15) is 17.2 Å². The maximum atomic E-state index is 12.0. The van der Waals surface area contributed by atoms with Crippen molar-refractivity contribution in [2.75, 3.05) is 0 Å². The molecule has 0 aliphatic carbocycles. The highest BCUT2D eigenvalue weighted by Crippen LogP contribution is 2.35. The predicted octanol–water partition coefficient (Wildman–Crippen LogP) is 2.72. The van der Waals surface area contributed by atoms with Crippen molar-refractivity contribution in [3.8, 4) is 0 Å². The van der Waals surface area contributed by atoms with Gasteiger partial charge in [-0.2, -0.15) is 4.72 Å². The molecular formula is C13H10ClNO2S. The zero-order valence-electron chi connectivity index (χ0n) is 9.30. The van der Waals surface area contributed by atoms with E-state index < -0.39 is 10.0 Å². The van der Waals surface area contributed by atoms with Crippen molar-refractivity contribution in [2.24, 2.45) is 0 Å². The molecule has 92 valence electrons. The molecule has 0 saturated heterocycles.